The SMILES string of the molecule is Clc1ccc(CNC2CCC2)c(Cl)c1. The van der Waals surface area contributed by atoms with Gasteiger partial charge in [-0.25, -0.2) is 0 Å². The molecule has 1 N–H and O–H groups in total. The van der Waals surface area contributed by atoms with Crippen molar-refractivity contribution >= 4 is 23.2 Å². The van der Waals surface area contributed by atoms with E-state index in [0.29, 0.717) is 11.1 Å². The van der Waals surface area contributed by atoms with E-state index < -0.39 is 0 Å². The molecule has 1 nitrogen and oxygen atoms in total. The first-order valence-corrected chi connectivity index (χ1v) is 5.68. The minimum absolute atomic E-state index is 0.696. The normalized spacial score (nSPS) is 16.7. The van der Waals surface area contributed by atoms with E-state index in [9.17, 15) is 0 Å². The summed E-state index contributed by atoms with van der Waals surface area (Å²) in [6.45, 7) is 0.848. The van der Waals surface area contributed by atoms with E-state index >= 15 is 0 Å². The Morgan fingerprint density at radius 2 is 2.07 bits per heavy atom. The highest BCUT2D eigenvalue weighted by atomic mass is 35.5. The van der Waals surface area contributed by atoms with Gasteiger partial charge in [-0.3, -0.25) is 0 Å². The second-order valence-electron chi connectivity index (χ2n) is 3.74. The molecule has 0 radical (unpaired) electrons. The zero-order chi connectivity index (χ0) is 9.97. The molecule has 0 heterocycles. The summed E-state index contributed by atoms with van der Waals surface area (Å²) < 4.78 is 0. The molecule has 0 aliphatic heterocycles. The lowest BCUT2D eigenvalue weighted by atomic mass is 9.93. The minimum Gasteiger partial charge on any atom is -0.310 e. The van der Waals surface area contributed by atoms with Crippen LogP contribution in [0, 0.1) is 0 Å². The number of halogens is 2. The summed E-state index contributed by atoms with van der Waals surface area (Å²) in [5.41, 5.74) is 1.13. The lowest BCUT2D eigenvalue weighted by Crippen LogP contribution is -2.34. The third kappa shape index (κ3) is 2.41. The minimum atomic E-state index is 0.696. The number of hydrogen-bond acceptors (Lipinski definition) is 1. The highest BCUT2D eigenvalue weighted by Gasteiger charge is 2.16. The van der Waals surface area contributed by atoms with Crippen LogP contribution < -0.4 is 5.32 Å². The van der Waals surface area contributed by atoms with Gasteiger partial charge in [0.05, 0.1) is 0 Å². The second-order valence-corrected chi connectivity index (χ2v) is 4.59. The van der Waals surface area contributed by atoms with Crippen LogP contribution in [0.1, 0.15) is 24.8 Å². The lowest BCUT2D eigenvalue weighted by molar-refractivity contribution is 0.338. The van der Waals surface area contributed by atoms with E-state index in [-0.39, 0.29) is 0 Å². The molecule has 0 spiro atoms. The van der Waals surface area contributed by atoms with Gasteiger partial charge in [0.15, 0.2) is 0 Å². The van der Waals surface area contributed by atoms with E-state index in [1.54, 1.807) is 6.07 Å². The predicted octanol–water partition coefficient (Wildman–Crippen LogP) is 3.64. The molecule has 1 fully saturated rings. The first kappa shape index (κ1) is 10.3. The molecule has 0 bridgehead atoms. The fourth-order valence-corrected chi connectivity index (χ4v) is 2.01. The number of nitrogens with one attached hydrogen (secondary N) is 1. The molecule has 1 aromatic rings. The molecule has 1 aromatic carbocycles. The molecule has 14 heavy (non-hydrogen) atoms. The molecular formula is C11H13Cl2N. The standard InChI is InChI=1S/C11H13Cl2N/c12-9-5-4-8(11(13)6-9)7-14-10-2-1-3-10/h4-6,10,14H,1-3,7H2. The summed E-state index contributed by atoms with van der Waals surface area (Å²) in [6.07, 6.45) is 3.95. The smallest absolute Gasteiger partial charge is 0.0465 e. The molecule has 1 aliphatic carbocycles. The van der Waals surface area contributed by atoms with Gasteiger partial charge in [-0.1, -0.05) is 35.7 Å². The van der Waals surface area contributed by atoms with Crippen molar-refractivity contribution in [2.75, 3.05) is 0 Å². The summed E-state index contributed by atoms with van der Waals surface area (Å²) in [5, 5.41) is 4.92. The van der Waals surface area contributed by atoms with Crippen LogP contribution in [-0.2, 0) is 6.54 Å². The van der Waals surface area contributed by atoms with Crippen LogP contribution in [0.25, 0.3) is 0 Å². The zero-order valence-corrected chi connectivity index (χ0v) is 9.41. The van der Waals surface area contributed by atoms with Crippen LogP contribution in [-0.4, -0.2) is 6.04 Å². The maximum atomic E-state index is 6.05. The highest BCUT2D eigenvalue weighted by molar-refractivity contribution is 6.35. The molecule has 2 rings (SSSR count). The van der Waals surface area contributed by atoms with Crippen LogP contribution in [0.4, 0.5) is 0 Å². The molecule has 3 heteroatoms. The monoisotopic (exact) mass is 229 g/mol. The van der Waals surface area contributed by atoms with Gasteiger partial charge in [0.25, 0.3) is 0 Å². The molecular weight excluding hydrogens is 217 g/mol. The van der Waals surface area contributed by atoms with E-state index in [0.717, 1.165) is 17.1 Å². The van der Waals surface area contributed by atoms with Gasteiger partial charge in [-0.15, -0.1) is 0 Å². The van der Waals surface area contributed by atoms with Crippen molar-refractivity contribution in [3.8, 4) is 0 Å². The predicted molar refractivity (Wildman–Crippen MR) is 60.9 cm³/mol. The van der Waals surface area contributed by atoms with E-state index in [2.05, 4.69) is 5.32 Å². The zero-order valence-electron chi connectivity index (χ0n) is 7.89. The Labute approximate surface area is 94.4 Å². The van der Waals surface area contributed by atoms with Crippen molar-refractivity contribution in [1.82, 2.24) is 5.32 Å². The molecule has 1 saturated carbocycles. The molecule has 1 aliphatic rings. The molecule has 0 saturated heterocycles. The van der Waals surface area contributed by atoms with Gasteiger partial charge in [-0.2, -0.15) is 0 Å². The second kappa shape index (κ2) is 4.52. The summed E-state index contributed by atoms with van der Waals surface area (Å²) in [7, 11) is 0. The number of benzene rings is 1. The first-order valence-electron chi connectivity index (χ1n) is 4.93. The number of rotatable bonds is 3. The molecule has 0 unspecified atom stereocenters. The van der Waals surface area contributed by atoms with Crippen LogP contribution >= 0.6 is 23.2 Å². The van der Waals surface area contributed by atoms with Crippen LogP contribution in [0.15, 0.2) is 18.2 Å². The molecule has 0 aromatic heterocycles. The Balaban J connectivity index is 1.94. The van der Waals surface area contributed by atoms with Crippen molar-refractivity contribution in [2.45, 2.75) is 31.8 Å². The maximum Gasteiger partial charge on any atom is 0.0465 e. The van der Waals surface area contributed by atoms with Crippen molar-refractivity contribution in [2.24, 2.45) is 0 Å². The van der Waals surface area contributed by atoms with Crippen LogP contribution in [0.3, 0.4) is 0 Å². The average molecular weight is 230 g/mol. The van der Waals surface area contributed by atoms with Gasteiger partial charge in [0.1, 0.15) is 0 Å². The summed E-state index contributed by atoms with van der Waals surface area (Å²) in [5.74, 6) is 0. The third-order valence-electron chi connectivity index (χ3n) is 2.70. The van der Waals surface area contributed by atoms with Gasteiger partial charge in [-0.05, 0) is 30.5 Å². The van der Waals surface area contributed by atoms with Gasteiger partial charge in [0.2, 0.25) is 0 Å². The van der Waals surface area contributed by atoms with Crippen molar-refractivity contribution in [3.05, 3.63) is 33.8 Å². The molecule has 76 valence electrons. The Morgan fingerprint density at radius 1 is 1.29 bits per heavy atom. The fraction of sp³-hybridized carbons (Fsp3) is 0.455. The molecule has 0 atom stereocenters. The lowest BCUT2D eigenvalue weighted by Gasteiger charge is -2.26. The Hall–Kier alpha value is -0.240. The Morgan fingerprint density at radius 3 is 2.64 bits per heavy atom. The first-order chi connectivity index (χ1) is 6.75. The van der Waals surface area contributed by atoms with Crippen LogP contribution in [0.2, 0.25) is 10.0 Å². The number of hydrogen-bond donors (Lipinski definition) is 1. The van der Waals surface area contributed by atoms with Crippen molar-refractivity contribution in [3.63, 3.8) is 0 Å². The summed E-state index contributed by atoms with van der Waals surface area (Å²) in [4.78, 5) is 0. The van der Waals surface area contributed by atoms with E-state index in [4.69, 9.17) is 23.2 Å². The third-order valence-corrected chi connectivity index (χ3v) is 3.29. The fourth-order valence-electron chi connectivity index (χ4n) is 1.53. The summed E-state index contributed by atoms with van der Waals surface area (Å²) >= 11 is 11.9. The van der Waals surface area contributed by atoms with Crippen LogP contribution in [0.5, 0.6) is 0 Å². The van der Waals surface area contributed by atoms with E-state index in [1.165, 1.54) is 19.3 Å². The highest BCUT2D eigenvalue weighted by Crippen LogP contribution is 2.23. The average Bonchev–Trinajstić information content (AvgIpc) is 2.05. The topological polar surface area (TPSA) is 12.0 Å². The van der Waals surface area contributed by atoms with Gasteiger partial charge >= 0.3 is 0 Å². The Kier molecular flexibility index (Phi) is 3.32. The maximum absolute atomic E-state index is 6.05. The largest absolute Gasteiger partial charge is 0.310 e. The van der Waals surface area contributed by atoms with Gasteiger partial charge < -0.3 is 5.32 Å². The Bertz CT molecular complexity index is 321. The quantitative estimate of drug-likeness (QED) is 0.835. The van der Waals surface area contributed by atoms with Crippen molar-refractivity contribution < 1.29 is 0 Å². The van der Waals surface area contributed by atoms with Gasteiger partial charge in [0, 0.05) is 22.6 Å². The van der Waals surface area contributed by atoms with E-state index in [1.807, 2.05) is 12.1 Å². The molecule has 0 amide bonds. The summed E-state index contributed by atoms with van der Waals surface area (Å²) in [6, 6.07) is 6.35. The van der Waals surface area contributed by atoms with Crippen molar-refractivity contribution in [1.29, 1.82) is 0 Å².